The number of hydrogen-bond acceptors (Lipinski definition) is 4. The normalized spacial score (nSPS) is 15.0. The third kappa shape index (κ3) is 4.97. The van der Waals surface area contributed by atoms with Crippen molar-refractivity contribution in [3.63, 3.8) is 0 Å². The Balaban J connectivity index is 1.80. The van der Waals surface area contributed by atoms with Crippen molar-refractivity contribution in [2.45, 2.75) is 26.7 Å². The van der Waals surface area contributed by atoms with Crippen molar-refractivity contribution < 1.29 is 9.53 Å². The van der Waals surface area contributed by atoms with Crippen LogP contribution in [-0.4, -0.2) is 25.0 Å². The molecule has 0 saturated heterocycles. The first-order valence-corrected chi connectivity index (χ1v) is 10.3. The Morgan fingerprint density at radius 3 is 2.41 bits per heavy atom. The molecule has 0 saturated carbocycles. The SMILES string of the molecule is CCCN(CCC)c1ccc(C=C2N=C(c3cccc(I)c3)OC2=O)cc1. The Morgan fingerprint density at radius 2 is 1.78 bits per heavy atom. The van der Waals surface area contributed by atoms with Crippen molar-refractivity contribution in [1.29, 1.82) is 0 Å². The number of ether oxygens (including phenoxy) is 1. The molecule has 0 unspecified atom stereocenters. The van der Waals surface area contributed by atoms with Crippen molar-refractivity contribution >= 4 is 46.2 Å². The molecule has 0 N–H and O–H groups in total. The molecule has 2 aromatic carbocycles. The molecule has 1 aliphatic rings. The monoisotopic (exact) mass is 474 g/mol. The van der Waals surface area contributed by atoms with Crippen LogP contribution in [0.1, 0.15) is 37.8 Å². The molecule has 0 atom stereocenters. The zero-order valence-electron chi connectivity index (χ0n) is 15.6. The average molecular weight is 474 g/mol. The van der Waals surface area contributed by atoms with Crippen LogP contribution in [0.2, 0.25) is 0 Å². The predicted octanol–water partition coefficient (Wildman–Crippen LogP) is 5.26. The summed E-state index contributed by atoms with van der Waals surface area (Å²) in [5.41, 5.74) is 3.28. The minimum atomic E-state index is -0.411. The van der Waals surface area contributed by atoms with Gasteiger partial charge in [-0.2, -0.15) is 0 Å². The maximum absolute atomic E-state index is 12.2. The Kier molecular flexibility index (Phi) is 6.66. The van der Waals surface area contributed by atoms with E-state index in [0.29, 0.717) is 11.6 Å². The Labute approximate surface area is 174 Å². The number of halogens is 1. The molecule has 5 heteroatoms. The minimum absolute atomic E-state index is 0.329. The van der Waals surface area contributed by atoms with E-state index in [2.05, 4.69) is 58.5 Å². The van der Waals surface area contributed by atoms with Gasteiger partial charge in [-0.3, -0.25) is 0 Å². The summed E-state index contributed by atoms with van der Waals surface area (Å²) >= 11 is 2.23. The van der Waals surface area contributed by atoms with Crippen LogP contribution in [0, 0.1) is 3.57 Å². The van der Waals surface area contributed by atoms with E-state index in [1.807, 2.05) is 36.4 Å². The number of benzene rings is 2. The highest BCUT2D eigenvalue weighted by atomic mass is 127. The van der Waals surface area contributed by atoms with Gasteiger partial charge in [-0.05, 0) is 77.4 Å². The lowest BCUT2D eigenvalue weighted by molar-refractivity contribution is -0.129. The van der Waals surface area contributed by atoms with Crippen LogP contribution in [0.4, 0.5) is 5.69 Å². The summed E-state index contributed by atoms with van der Waals surface area (Å²) < 4.78 is 6.41. The molecule has 27 heavy (non-hydrogen) atoms. The third-order valence-electron chi connectivity index (χ3n) is 4.24. The summed E-state index contributed by atoms with van der Waals surface area (Å²) in [5.74, 6) is -0.0509. The lowest BCUT2D eigenvalue weighted by atomic mass is 10.1. The first-order chi connectivity index (χ1) is 13.1. The van der Waals surface area contributed by atoms with Gasteiger partial charge >= 0.3 is 5.97 Å². The lowest BCUT2D eigenvalue weighted by Crippen LogP contribution is -2.24. The Morgan fingerprint density at radius 1 is 1.07 bits per heavy atom. The molecule has 0 bridgehead atoms. The number of rotatable bonds is 7. The predicted molar refractivity (Wildman–Crippen MR) is 119 cm³/mol. The second-order valence-corrected chi connectivity index (χ2v) is 7.67. The molecule has 0 aliphatic carbocycles. The zero-order chi connectivity index (χ0) is 19.2. The van der Waals surface area contributed by atoms with E-state index in [-0.39, 0.29) is 0 Å². The molecule has 140 valence electrons. The summed E-state index contributed by atoms with van der Waals surface area (Å²) in [4.78, 5) is 18.9. The highest BCUT2D eigenvalue weighted by Crippen LogP contribution is 2.22. The second kappa shape index (κ2) is 9.17. The van der Waals surface area contributed by atoms with Crippen molar-refractivity contribution in [3.05, 3.63) is 68.9 Å². The maximum Gasteiger partial charge on any atom is 0.363 e. The molecule has 1 heterocycles. The van der Waals surface area contributed by atoms with Crippen LogP contribution >= 0.6 is 22.6 Å². The summed E-state index contributed by atoms with van der Waals surface area (Å²) in [5, 5.41) is 0. The van der Waals surface area contributed by atoms with Crippen LogP contribution in [0.5, 0.6) is 0 Å². The molecule has 2 aromatic rings. The van der Waals surface area contributed by atoms with E-state index >= 15 is 0 Å². The maximum atomic E-state index is 12.2. The van der Waals surface area contributed by atoms with Gasteiger partial charge in [0.2, 0.25) is 5.90 Å². The molecule has 0 fully saturated rings. The minimum Gasteiger partial charge on any atom is -0.402 e. The first kappa shape index (κ1) is 19.6. The van der Waals surface area contributed by atoms with Crippen LogP contribution < -0.4 is 4.90 Å². The third-order valence-corrected chi connectivity index (χ3v) is 4.91. The number of esters is 1. The lowest BCUT2D eigenvalue weighted by Gasteiger charge is -2.23. The standard InChI is InChI=1S/C22H23IN2O2/c1-3-12-25(13-4-2)19-10-8-16(9-11-19)14-20-22(26)27-21(24-20)17-6-5-7-18(23)15-17/h5-11,14-15H,3-4,12-13H2,1-2H3. The van der Waals surface area contributed by atoms with E-state index < -0.39 is 5.97 Å². The number of cyclic esters (lactones) is 1. The molecule has 0 aromatic heterocycles. The van der Waals surface area contributed by atoms with Crippen LogP contribution in [0.25, 0.3) is 6.08 Å². The van der Waals surface area contributed by atoms with Crippen LogP contribution in [-0.2, 0) is 9.53 Å². The van der Waals surface area contributed by atoms with Gasteiger partial charge in [0.05, 0.1) is 0 Å². The van der Waals surface area contributed by atoms with Gasteiger partial charge in [-0.15, -0.1) is 0 Å². The Bertz CT molecular complexity index is 866. The number of carbonyl (C=O) groups excluding carboxylic acids is 1. The quantitative estimate of drug-likeness (QED) is 0.312. The molecular weight excluding hydrogens is 451 g/mol. The first-order valence-electron chi connectivity index (χ1n) is 9.24. The highest BCUT2D eigenvalue weighted by Gasteiger charge is 2.24. The van der Waals surface area contributed by atoms with Gasteiger partial charge in [0.25, 0.3) is 0 Å². The topological polar surface area (TPSA) is 41.9 Å². The number of aliphatic imine (C=N–C) groups is 1. The zero-order valence-corrected chi connectivity index (χ0v) is 17.8. The number of nitrogens with zero attached hydrogens (tertiary/aromatic N) is 2. The highest BCUT2D eigenvalue weighted by molar-refractivity contribution is 14.1. The fraction of sp³-hybridized carbons (Fsp3) is 0.273. The molecule has 1 aliphatic heterocycles. The van der Waals surface area contributed by atoms with E-state index in [9.17, 15) is 4.79 Å². The van der Waals surface area contributed by atoms with Gasteiger partial charge < -0.3 is 9.64 Å². The van der Waals surface area contributed by atoms with Crippen LogP contribution in [0.3, 0.4) is 0 Å². The molecule has 0 radical (unpaired) electrons. The number of carbonyl (C=O) groups is 1. The van der Waals surface area contributed by atoms with Crippen LogP contribution in [0.15, 0.2) is 59.2 Å². The van der Waals surface area contributed by atoms with Crippen molar-refractivity contribution in [2.24, 2.45) is 4.99 Å². The van der Waals surface area contributed by atoms with Gasteiger partial charge in [0.15, 0.2) is 5.70 Å². The van der Waals surface area contributed by atoms with E-state index in [4.69, 9.17) is 4.74 Å². The van der Waals surface area contributed by atoms with E-state index in [1.165, 1.54) is 5.69 Å². The molecular formula is C22H23IN2O2. The fourth-order valence-corrected chi connectivity index (χ4v) is 3.55. The van der Waals surface area contributed by atoms with Gasteiger partial charge in [-0.1, -0.05) is 32.0 Å². The van der Waals surface area contributed by atoms with Crippen molar-refractivity contribution in [1.82, 2.24) is 0 Å². The molecule has 3 rings (SSSR count). The smallest absolute Gasteiger partial charge is 0.363 e. The number of hydrogen-bond donors (Lipinski definition) is 0. The summed E-state index contributed by atoms with van der Waals surface area (Å²) in [6.45, 7) is 6.47. The van der Waals surface area contributed by atoms with Gasteiger partial charge in [0, 0.05) is 27.9 Å². The molecule has 0 spiro atoms. The van der Waals surface area contributed by atoms with Crippen molar-refractivity contribution in [2.75, 3.05) is 18.0 Å². The number of anilines is 1. The van der Waals surface area contributed by atoms with Crippen molar-refractivity contribution in [3.8, 4) is 0 Å². The summed E-state index contributed by atoms with van der Waals surface area (Å²) in [6, 6.07) is 16.0. The summed E-state index contributed by atoms with van der Waals surface area (Å²) in [6.07, 6.45) is 4.01. The summed E-state index contributed by atoms with van der Waals surface area (Å²) in [7, 11) is 0. The van der Waals surface area contributed by atoms with E-state index in [0.717, 1.165) is 40.6 Å². The second-order valence-electron chi connectivity index (χ2n) is 6.42. The van der Waals surface area contributed by atoms with Gasteiger partial charge in [-0.25, -0.2) is 9.79 Å². The average Bonchev–Trinajstić information content (AvgIpc) is 3.03. The van der Waals surface area contributed by atoms with E-state index in [1.54, 1.807) is 6.08 Å². The van der Waals surface area contributed by atoms with Gasteiger partial charge in [0.1, 0.15) is 0 Å². The fourth-order valence-electron chi connectivity index (χ4n) is 3.00. The molecule has 0 amide bonds. The molecule has 4 nitrogen and oxygen atoms in total. The Hall–Kier alpha value is -2.15. The largest absolute Gasteiger partial charge is 0.402 e.